The Hall–Kier alpha value is -0.530. The third-order valence-corrected chi connectivity index (χ3v) is 3.00. The van der Waals surface area contributed by atoms with E-state index in [0.29, 0.717) is 5.92 Å². The van der Waals surface area contributed by atoms with Gasteiger partial charge in [-0.15, -0.1) is 0 Å². The fraction of sp³-hybridized carbons (Fsp3) is 0.455. The summed E-state index contributed by atoms with van der Waals surface area (Å²) in [5.41, 5.74) is 2.61. The molecule has 1 N–H and O–H groups in total. The minimum absolute atomic E-state index is 0.618. The molecule has 1 aromatic carbocycles. The highest BCUT2D eigenvalue weighted by atomic mass is 35.5. The zero-order valence-corrected chi connectivity index (χ0v) is 8.56. The Morgan fingerprint density at radius 1 is 1.46 bits per heavy atom. The van der Waals surface area contributed by atoms with Gasteiger partial charge in [0.2, 0.25) is 0 Å². The van der Waals surface area contributed by atoms with Gasteiger partial charge >= 0.3 is 0 Å². The second-order valence-electron chi connectivity index (χ2n) is 3.71. The van der Waals surface area contributed by atoms with Gasteiger partial charge in [0.25, 0.3) is 0 Å². The van der Waals surface area contributed by atoms with Gasteiger partial charge in [0.15, 0.2) is 0 Å². The average molecular weight is 196 g/mol. The van der Waals surface area contributed by atoms with Crippen molar-refractivity contribution in [1.29, 1.82) is 0 Å². The summed E-state index contributed by atoms with van der Waals surface area (Å²) in [5, 5.41) is 4.27. The molecule has 2 rings (SSSR count). The maximum Gasteiger partial charge on any atom is 0.0441 e. The van der Waals surface area contributed by atoms with E-state index in [1.807, 2.05) is 6.07 Å². The van der Waals surface area contributed by atoms with E-state index in [2.05, 4.69) is 24.4 Å². The Morgan fingerprint density at radius 2 is 2.31 bits per heavy atom. The molecule has 1 aliphatic heterocycles. The van der Waals surface area contributed by atoms with Crippen LogP contribution in [-0.4, -0.2) is 13.1 Å². The van der Waals surface area contributed by atoms with Crippen LogP contribution in [0.4, 0.5) is 0 Å². The van der Waals surface area contributed by atoms with Crippen LogP contribution in [0.3, 0.4) is 0 Å². The van der Waals surface area contributed by atoms with E-state index >= 15 is 0 Å². The number of nitrogens with one attached hydrogen (secondary N) is 1. The van der Waals surface area contributed by atoms with E-state index in [-0.39, 0.29) is 0 Å². The van der Waals surface area contributed by atoms with E-state index in [0.717, 1.165) is 18.1 Å². The molecule has 70 valence electrons. The predicted molar refractivity (Wildman–Crippen MR) is 56.4 cm³/mol. The molecule has 13 heavy (non-hydrogen) atoms. The van der Waals surface area contributed by atoms with E-state index in [1.54, 1.807) is 0 Å². The first kappa shape index (κ1) is 9.04. The number of rotatable bonds is 1. The van der Waals surface area contributed by atoms with Crippen LogP contribution in [0.1, 0.15) is 23.5 Å². The normalized spacial score (nSPS) is 22.2. The summed E-state index contributed by atoms with van der Waals surface area (Å²) in [6, 6.07) is 6.28. The van der Waals surface area contributed by atoms with Crippen molar-refractivity contribution in [2.75, 3.05) is 13.1 Å². The molecule has 0 radical (unpaired) electrons. The van der Waals surface area contributed by atoms with Gasteiger partial charge in [0.1, 0.15) is 0 Å². The van der Waals surface area contributed by atoms with Crippen LogP contribution in [0.15, 0.2) is 18.2 Å². The monoisotopic (exact) mass is 195 g/mol. The van der Waals surface area contributed by atoms with Crippen LogP contribution in [0.25, 0.3) is 0 Å². The van der Waals surface area contributed by atoms with Gasteiger partial charge in [-0.1, -0.05) is 29.3 Å². The predicted octanol–water partition coefficient (Wildman–Crippen LogP) is 2.73. The number of hydrogen-bond acceptors (Lipinski definition) is 1. The van der Waals surface area contributed by atoms with Crippen LogP contribution >= 0.6 is 11.6 Å². The number of hydrogen-bond donors (Lipinski definition) is 1. The molecule has 0 saturated carbocycles. The maximum atomic E-state index is 6.15. The highest BCUT2D eigenvalue weighted by Gasteiger charge is 2.18. The minimum atomic E-state index is 0.618. The molecule has 1 nitrogen and oxygen atoms in total. The quantitative estimate of drug-likeness (QED) is 0.727. The van der Waals surface area contributed by atoms with E-state index in [1.165, 1.54) is 17.5 Å². The van der Waals surface area contributed by atoms with Gasteiger partial charge in [0, 0.05) is 11.6 Å². The maximum absolute atomic E-state index is 6.15. The lowest BCUT2D eigenvalue weighted by molar-refractivity contribution is 0.763. The van der Waals surface area contributed by atoms with Gasteiger partial charge < -0.3 is 5.32 Å². The van der Waals surface area contributed by atoms with Crippen molar-refractivity contribution in [2.24, 2.45) is 0 Å². The molecule has 0 aromatic heterocycles. The highest BCUT2D eigenvalue weighted by molar-refractivity contribution is 6.31. The SMILES string of the molecule is Cc1ccc(Cl)c(C2CCNC2)c1. The highest BCUT2D eigenvalue weighted by Crippen LogP contribution is 2.29. The number of halogens is 1. The molecule has 1 aromatic rings. The van der Waals surface area contributed by atoms with Crippen LogP contribution in [0.5, 0.6) is 0 Å². The van der Waals surface area contributed by atoms with E-state index in [9.17, 15) is 0 Å². The molecule has 0 spiro atoms. The Balaban J connectivity index is 2.32. The molecule has 1 unspecified atom stereocenters. The lowest BCUT2D eigenvalue weighted by Gasteiger charge is -2.11. The van der Waals surface area contributed by atoms with Crippen molar-refractivity contribution in [3.63, 3.8) is 0 Å². The molecule has 2 heteroatoms. The number of benzene rings is 1. The van der Waals surface area contributed by atoms with Crippen molar-refractivity contribution >= 4 is 11.6 Å². The molecule has 1 atom stereocenters. The Morgan fingerprint density at radius 3 is 3.00 bits per heavy atom. The van der Waals surface area contributed by atoms with Crippen molar-refractivity contribution in [1.82, 2.24) is 5.32 Å². The Bertz CT molecular complexity index is 303. The van der Waals surface area contributed by atoms with E-state index in [4.69, 9.17) is 11.6 Å². The first-order valence-corrected chi connectivity index (χ1v) is 5.12. The first-order chi connectivity index (χ1) is 6.27. The van der Waals surface area contributed by atoms with Gasteiger partial charge in [0.05, 0.1) is 0 Å². The molecule has 0 aliphatic carbocycles. The molecular weight excluding hydrogens is 182 g/mol. The van der Waals surface area contributed by atoms with Gasteiger partial charge in [-0.25, -0.2) is 0 Å². The van der Waals surface area contributed by atoms with Gasteiger partial charge in [-0.3, -0.25) is 0 Å². The van der Waals surface area contributed by atoms with Crippen molar-refractivity contribution in [3.8, 4) is 0 Å². The largest absolute Gasteiger partial charge is 0.316 e. The molecule has 1 saturated heterocycles. The van der Waals surface area contributed by atoms with Crippen molar-refractivity contribution in [2.45, 2.75) is 19.3 Å². The number of aryl methyl sites for hydroxylation is 1. The van der Waals surface area contributed by atoms with Crippen LogP contribution in [0, 0.1) is 6.92 Å². The second-order valence-corrected chi connectivity index (χ2v) is 4.12. The lowest BCUT2D eigenvalue weighted by atomic mass is 9.97. The molecule has 0 amide bonds. The average Bonchev–Trinajstić information content (AvgIpc) is 2.61. The summed E-state index contributed by atoms with van der Waals surface area (Å²) in [4.78, 5) is 0. The van der Waals surface area contributed by atoms with Gasteiger partial charge in [-0.2, -0.15) is 0 Å². The zero-order valence-electron chi connectivity index (χ0n) is 7.81. The summed E-state index contributed by atoms with van der Waals surface area (Å²) in [5.74, 6) is 0.618. The summed E-state index contributed by atoms with van der Waals surface area (Å²) in [6.45, 7) is 4.31. The summed E-state index contributed by atoms with van der Waals surface area (Å²) in [7, 11) is 0. The molecule has 1 fully saturated rings. The lowest BCUT2D eigenvalue weighted by Crippen LogP contribution is -2.08. The van der Waals surface area contributed by atoms with E-state index < -0.39 is 0 Å². The van der Waals surface area contributed by atoms with Crippen molar-refractivity contribution < 1.29 is 0 Å². The van der Waals surface area contributed by atoms with Crippen LogP contribution < -0.4 is 5.32 Å². The molecule has 1 aliphatic rings. The summed E-state index contributed by atoms with van der Waals surface area (Å²) >= 11 is 6.15. The summed E-state index contributed by atoms with van der Waals surface area (Å²) < 4.78 is 0. The van der Waals surface area contributed by atoms with Crippen molar-refractivity contribution in [3.05, 3.63) is 34.3 Å². The summed E-state index contributed by atoms with van der Waals surface area (Å²) in [6.07, 6.45) is 1.21. The Labute approximate surface area is 84.1 Å². The van der Waals surface area contributed by atoms with Crippen LogP contribution in [0.2, 0.25) is 5.02 Å². The zero-order chi connectivity index (χ0) is 9.26. The smallest absolute Gasteiger partial charge is 0.0441 e. The molecule has 1 heterocycles. The topological polar surface area (TPSA) is 12.0 Å². The standard InChI is InChI=1S/C11H14ClN/c1-8-2-3-11(12)10(6-8)9-4-5-13-7-9/h2-3,6,9,13H,4-5,7H2,1H3. The Kier molecular flexibility index (Phi) is 2.56. The van der Waals surface area contributed by atoms with Crippen LogP contribution in [-0.2, 0) is 0 Å². The fourth-order valence-corrected chi connectivity index (χ4v) is 2.17. The van der Waals surface area contributed by atoms with Gasteiger partial charge in [-0.05, 0) is 37.4 Å². The second kappa shape index (κ2) is 3.69. The molecular formula is C11H14ClN. The molecule has 0 bridgehead atoms. The third kappa shape index (κ3) is 1.87. The third-order valence-electron chi connectivity index (χ3n) is 2.65. The minimum Gasteiger partial charge on any atom is -0.316 e. The fourth-order valence-electron chi connectivity index (χ4n) is 1.90. The first-order valence-electron chi connectivity index (χ1n) is 4.74.